The summed E-state index contributed by atoms with van der Waals surface area (Å²) in [4.78, 5) is 31.0. The molecule has 0 saturated carbocycles. The molecule has 1 aromatic carbocycles. The van der Waals surface area contributed by atoms with Crippen LogP contribution in [0.2, 0.25) is 0 Å². The van der Waals surface area contributed by atoms with Crippen molar-refractivity contribution in [1.29, 1.82) is 5.26 Å². The third kappa shape index (κ3) is 4.29. The lowest BCUT2D eigenvalue weighted by Crippen LogP contribution is -2.41. The highest BCUT2D eigenvalue weighted by Gasteiger charge is 2.35. The lowest BCUT2D eigenvalue weighted by molar-refractivity contribution is -0.0221. The van der Waals surface area contributed by atoms with Crippen LogP contribution >= 0.6 is 0 Å². The highest BCUT2D eigenvalue weighted by atomic mass is 19.3. The van der Waals surface area contributed by atoms with Crippen LogP contribution in [0.15, 0.2) is 41.3 Å². The van der Waals surface area contributed by atoms with Gasteiger partial charge < -0.3 is 15.3 Å². The van der Waals surface area contributed by atoms with Crippen LogP contribution in [0.1, 0.15) is 52.9 Å². The zero-order chi connectivity index (χ0) is 24.6. The molecule has 0 bridgehead atoms. The van der Waals surface area contributed by atoms with Crippen molar-refractivity contribution in [2.24, 2.45) is 0 Å². The van der Waals surface area contributed by atoms with Gasteiger partial charge in [-0.3, -0.25) is 9.20 Å². The summed E-state index contributed by atoms with van der Waals surface area (Å²) >= 11 is 0. The first-order valence-electron chi connectivity index (χ1n) is 10.8. The van der Waals surface area contributed by atoms with E-state index in [1.54, 1.807) is 43.1 Å². The number of alkyl halides is 2. The lowest BCUT2D eigenvalue weighted by atomic mass is 10.0. The molecule has 0 aliphatic carbocycles. The van der Waals surface area contributed by atoms with E-state index in [4.69, 9.17) is 0 Å². The second-order valence-electron chi connectivity index (χ2n) is 8.45. The fourth-order valence-corrected chi connectivity index (χ4v) is 4.19. The number of nitrogens with zero attached hydrogens (tertiary/aromatic N) is 4. The molecule has 1 fully saturated rings. The van der Waals surface area contributed by atoms with Gasteiger partial charge in [0.25, 0.3) is 11.5 Å². The second kappa shape index (κ2) is 8.74. The fourth-order valence-electron chi connectivity index (χ4n) is 4.19. The number of nitrogens with one attached hydrogen (secondary N) is 1. The van der Waals surface area contributed by atoms with Crippen molar-refractivity contribution in [2.45, 2.75) is 38.7 Å². The van der Waals surface area contributed by atoms with Crippen LogP contribution in [0.25, 0.3) is 5.65 Å². The first-order chi connectivity index (χ1) is 16.1. The number of hydrogen-bond donors (Lipinski definition) is 2. The number of hydrogen-bond acceptors (Lipinski definition) is 6. The van der Waals surface area contributed by atoms with Gasteiger partial charge >= 0.3 is 5.97 Å². The summed E-state index contributed by atoms with van der Waals surface area (Å²) < 4.78 is 28.7. The summed E-state index contributed by atoms with van der Waals surface area (Å²) in [7, 11) is 0. The van der Waals surface area contributed by atoms with Crippen molar-refractivity contribution in [3.8, 4) is 6.07 Å². The molecule has 176 valence electrons. The van der Waals surface area contributed by atoms with Gasteiger partial charge in [0.1, 0.15) is 11.7 Å². The third-order valence-corrected chi connectivity index (χ3v) is 5.97. The Hall–Kier alpha value is -4.00. The molecule has 1 aliphatic heterocycles. The summed E-state index contributed by atoms with van der Waals surface area (Å²) in [5.74, 6) is -3.78. The minimum atomic E-state index is -2.78. The molecule has 3 aromatic rings. The highest BCUT2D eigenvalue weighted by Crippen LogP contribution is 2.32. The molecule has 0 spiro atoms. The first kappa shape index (κ1) is 23.2. The van der Waals surface area contributed by atoms with Gasteiger partial charge in [-0.25, -0.2) is 18.6 Å². The number of aromatic nitrogens is 2. The van der Waals surface area contributed by atoms with Crippen molar-refractivity contribution >= 4 is 23.1 Å². The van der Waals surface area contributed by atoms with Crippen molar-refractivity contribution in [3.05, 3.63) is 69.1 Å². The van der Waals surface area contributed by atoms with Gasteiger partial charge in [-0.05, 0) is 37.6 Å². The predicted molar refractivity (Wildman–Crippen MR) is 123 cm³/mol. The average Bonchev–Trinajstić information content (AvgIpc) is 2.79. The number of aromatic carboxylic acids is 1. The number of carbonyl (C=O) groups is 1. The summed E-state index contributed by atoms with van der Waals surface area (Å²) in [6.45, 7) is 3.55. The summed E-state index contributed by atoms with van der Waals surface area (Å²) in [6, 6.07) is 9.72. The molecule has 3 heterocycles. The average molecular weight is 467 g/mol. The van der Waals surface area contributed by atoms with E-state index >= 15 is 0 Å². The van der Waals surface area contributed by atoms with Crippen LogP contribution in [0.4, 0.5) is 20.3 Å². The highest BCUT2D eigenvalue weighted by molar-refractivity contribution is 5.94. The first-order valence-corrected chi connectivity index (χ1v) is 10.8. The number of anilines is 2. The smallest absolute Gasteiger partial charge is 0.337 e. The molecule has 4 rings (SSSR count). The number of benzene rings is 1. The van der Waals surface area contributed by atoms with Crippen molar-refractivity contribution in [2.75, 3.05) is 23.3 Å². The number of nitriles is 1. The Kier molecular flexibility index (Phi) is 5.96. The Bertz CT molecular complexity index is 1370. The largest absolute Gasteiger partial charge is 0.478 e. The number of carboxylic acid groups (broad SMARTS) is 1. The van der Waals surface area contributed by atoms with Gasteiger partial charge in [0.2, 0.25) is 0 Å². The maximum absolute atomic E-state index is 13.7. The second-order valence-corrected chi connectivity index (χ2v) is 8.45. The molecule has 34 heavy (non-hydrogen) atoms. The minimum absolute atomic E-state index is 0.0225. The van der Waals surface area contributed by atoms with Gasteiger partial charge in [0, 0.05) is 43.4 Å². The summed E-state index contributed by atoms with van der Waals surface area (Å²) in [5, 5.41) is 22.3. The molecule has 10 heteroatoms. The Balaban J connectivity index is 1.83. The number of pyridine rings is 1. The van der Waals surface area contributed by atoms with Gasteiger partial charge in [-0.15, -0.1) is 0 Å². The number of fused-ring (bicyclic) bond motifs is 1. The van der Waals surface area contributed by atoms with E-state index in [-0.39, 0.29) is 48.5 Å². The number of para-hydroxylation sites is 1. The van der Waals surface area contributed by atoms with E-state index in [9.17, 15) is 28.7 Å². The number of rotatable bonds is 5. The van der Waals surface area contributed by atoms with Crippen LogP contribution in [0.3, 0.4) is 0 Å². The van der Waals surface area contributed by atoms with Gasteiger partial charge in [-0.1, -0.05) is 12.1 Å². The van der Waals surface area contributed by atoms with Crippen molar-refractivity contribution in [1.82, 2.24) is 9.38 Å². The maximum atomic E-state index is 13.7. The van der Waals surface area contributed by atoms with E-state index in [1.807, 2.05) is 12.1 Å². The number of halogens is 2. The van der Waals surface area contributed by atoms with E-state index in [2.05, 4.69) is 10.3 Å². The number of piperidine rings is 1. The molecule has 1 saturated heterocycles. The van der Waals surface area contributed by atoms with Gasteiger partial charge in [0.15, 0.2) is 11.4 Å². The normalized spacial score (nSPS) is 16.1. The summed E-state index contributed by atoms with van der Waals surface area (Å²) in [5.41, 5.74) is 1.33. The van der Waals surface area contributed by atoms with E-state index in [1.165, 1.54) is 10.5 Å². The van der Waals surface area contributed by atoms with Crippen molar-refractivity contribution in [3.63, 3.8) is 0 Å². The molecule has 0 radical (unpaired) electrons. The monoisotopic (exact) mass is 467 g/mol. The molecule has 1 aliphatic rings. The Morgan fingerprint density at radius 2 is 1.97 bits per heavy atom. The SMILES string of the molecule is Cc1cc([C@@H](C)Nc2ccccc2C(=O)O)c2nc(N3CCC(F)(F)CC3)c(C#N)c(=O)n2c1. The van der Waals surface area contributed by atoms with Gasteiger partial charge in [-0.2, -0.15) is 5.26 Å². The molecule has 0 unspecified atom stereocenters. The molecule has 2 aromatic heterocycles. The predicted octanol–water partition coefficient (Wildman–Crippen LogP) is 3.98. The van der Waals surface area contributed by atoms with E-state index in [0.29, 0.717) is 11.3 Å². The third-order valence-electron chi connectivity index (χ3n) is 5.97. The molecule has 1 atom stereocenters. The Morgan fingerprint density at radius 3 is 2.62 bits per heavy atom. The van der Waals surface area contributed by atoms with Crippen LogP contribution in [0, 0.1) is 18.3 Å². The van der Waals surface area contributed by atoms with Crippen molar-refractivity contribution < 1.29 is 18.7 Å². The van der Waals surface area contributed by atoms with E-state index in [0.717, 1.165) is 5.56 Å². The fraction of sp³-hybridized carbons (Fsp3) is 0.333. The minimum Gasteiger partial charge on any atom is -0.478 e. The van der Waals surface area contributed by atoms with Crippen LogP contribution in [-0.4, -0.2) is 39.5 Å². The topological polar surface area (TPSA) is 111 Å². The Morgan fingerprint density at radius 1 is 1.29 bits per heavy atom. The molecule has 0 amide bonds. The summed E-state index contributed by atoms with van der Waals surface area (Å²) in [6.07, 6.45) is 0.800. The Labute approximate surface area is 194 Å². The van der Waals surface area contributed by atoms with Crippen LogP contribution < -0.4 is 15.8 Å². The maximum Gasteiger partial charge on any atom is 0.337 e. The molecular weight excluding hydrogens is 444 g/mol. The molecule has 2 N–H and O–H groups in total. The zero-order valence-electron chi connectivity index (χ0n) is 18.7. The van der Waals surface area contributed by atoms with E-state index < -0.39 is 23.5 Å². The molecular formula is C24H23F2N5O3. The standard InChI is InChI=1S/C24H23F2N5O3/c1-14-11-17(15(2)28-19-6-4-3-5-16(19)23(33)34)21-29-20(18(12-27)22(32)31(21)13-14)30-9-7-24(25,26)8-10-30/h3-6,11,13,15,28H,7-10H2,1-2H3,(H,33,34)/t15-/m1/s1. The van der Waals surface area contributed by atoms with Gasteiger partial charge in [0.05, 0.1) is 11.6 Å². The van der Waals surface area contributed by atoms with Crippen LogP contribution in [-0.2, 0) is 0 Å². The number of carboxylic acids is 1. The number of aryl methyl sites for hydroxylation is 1. The van der Waals surface area contributed by atoms with Crippen LogP contribution in [0.5, 0.6) is 0 Å². The quantitative estimate of drug-likeness (QED) is 0.584. The molecule has 8 nitrogen and oxygen atoms in total. The lowest BCUT2D eigenvalue weighted by Gasteiger charge is -2.33. The zero-order valence-corrected chi connectivity index (χ0v) is 18.7.